The molecule has 0 spiro atoms. The van der Waals surface area contributed by atoms with Crippen LogP contribution in [0.5, 0.6) is 0 Å². The molecule has 0 aliphatic rings. The lowest BCUT2D eigenvalue weighted by Gasteiger charge is -2.25. The Morgan fingerprint density at radius 3 is 2.39 bits per heavy atom. The molecule has 8 heteroatoms. The van der Waals surface area contributed by atoms with Crippen molar-refractivity contribution in [2.24, 2.45) is 5.92 Å². The number of carbonyl (C=O) groups excluding carboxylic acids is 1. The predicted octanol–water partition coefficient (Wildman–Crippen LogP) is 3.43. The SMILES string of the molecule is CCN(CC(C)C(=O)OC)S(=O)(=O)c1c(C)c(Cl)cc(C)c1Cl. The van der Waals surface area contributed by atoms with Crippen LogP contribution in [0.25, 0.3) is 0 Å². The van der Waals surface area contributed by atoms with E-state index in [9.17, 15) is 13.2 Å². The van der Waals surface area contributed by atoms with E-state index in [2.05, 4.69) is 4.74 Å². The van der Waals surface area contributed by atoms with Gasteiger partial charge in [0.1, 0.15) is 4.90 Å². The van der Waals surface area contributed by atoms with Crippen LogP contribution < -0.4 is 0 Å². The summed E-state index contributed by atoms with van der Waals surface area (Å²) < 4.78 is 31.8. The number of hydrogen-bond donors (Lipinski definition) is 0. The second-order valence-electron chi connectivity index (χ2n) is 5.32. The van der Waals surface area contributed by atoms with Gasteiger partial charge in [-0.15, -0.1) is 0 Å². The largest absolute Gasteiger partial charge is 0.469 e. The Hall–Kier alpha value is -0.820. The highest BCUT2D eigenvalue weighted by molar-refractivity contribution is 7.89. The smallest absolute Gasteiger partial charge is 0.309 e. The number of halogens is 2. The number of methoxy groups -OCH3 is 1. The minimum Gasteiger partial charge on any atom is -0.469 e. The van der Waals surface area contributed by atoms with Gasteiger partial charge in [-0.2, -0.15) is 4.31 Å². The van der Waals surface area contributed by atoms with E-state index in [1.165, 1.54) is 11.4 Å². The van der Waals surface area contributed by atoms with Crippen molar-refractivity contribution in [2.75, 3.05) is 20.2 Å². The van der Waals surface area contributed by atoms with Gasteiger partial charge in [-0.1, -0.05) is 37.0 Å². The van der Waals surface area contributed by atoms with E-state index < -0.39 is 21.9 Å². The molecule has 0 radical (unpaired) electrons. The lowest BCUT2D eigenvalue weighted by atomic mass is 10.2. The molecular formula is C15H21Cl2NO4S. The molecule has 0 bridgehead atoms. The second kappa shape index (κ2) is 7.83. The molecule has 130 valence electrons. The van der Waals surface area contributed by atoms with Crippen LogP contribution in [0.4, 0.5) is 0 Å². The molecule has 0 aliphatic carbocycles. The van der Waals surface area contributed by atoms with Crippen molar-refractivity contribution in [3.8, 4) is 0 Å². The molecule has 1 unspecified atom stereocenters. The van der Waals surface area contributed by atoms with Crippen LogP contribution >= 0.6 is 23.2 Å². The number of sulfonamides is 1. The predicted molar refractivity (Wildman–Crippen MR) is 91.5 cm³/mol. The van der Waals surface area contributed by atoms with Crippen molar-refractivity contribution >= 4 is 39.2 Å². The molecule has 0 saturated heterocycles. The van der Waals surface area contributed by atoms with Crippen molar-refractivity contribution in [3.05, 3.63) is 27.2 Å². The van der Waals surface area contributed by atoms with Crippen LogP contribution in [0.2, 0.25) is 10.0 Å². The van der Waals surface area contributed by atoms with Gasteiger partial charge < -0.3 is 4.74 Å². The fourth-order valence-electron chi connectivity index (χ4n) is 2.23. The molecule has 0 heterocycles. The lowest BCUT2D eigenvalue weighted by molar-refractivity contribution is -0.145. The quantitative estimate of drug-likeness (QED) is 0.708. The molecule has 0 fully saturated rings. The van der Waals surface area contributed by atoms with Crippen molar-refractivity contribution in [2.45, 2.75) is 32.6 Å². The Labute approximate surface area is 147 Å². The van der Waals surface area contributed by atoms with Crippen LogP contribution in [0.1, 0.15) is 25.0 Å². The van der Waals surface area contributed by atoms with Crippen LogP contribution in [0, 0.1) is 19.8 Å². The lowest BCUT2D eigenvalue weighted by Crippen LogP contribution is -2.37. The van der Waals surface area contributed by atoms with Crippen molar-refractivity contribution in [1.29, 1.82) is 0 Å². The topological polar surface area (TPSA) is 63.7 Å². The molecule has 0 aromatic heterocycles. The van der Waals surface area contributed by atoms with Crippen molar-refractivity contribution in [3.63, 3.8) is 0 Å². The molecule has 1 aromatic carbocycles. The van der Waals surface area contributed by atoms with Crippen LogP contribution in [-0.2, 0) is 19.6 Å². The first-order valence-corrected chi connectivity index (χ1v) is 9.30. The number of esters is 1. The number of benzene rings is 1. The Morgan fingerprint density at radius 2 is 1.91 bits per heavy atom. The summed E-state index contributed by atoms with van der Waals surface area (Å²) in [5.41, 5.74) is 0.976. The fraction of sp³-hybridized carbons (Fsp3) is 0.533. The van der Waals surface area contributed by atoms with Crippen molar-refractivity contribution in [1.82, 2.24) is 4.31 Å². The maximum atomic E-state index is 13.0. The average Bonchev–Trinajstić information content (AvgIpc) is 2.49. The number of carbonyl (C=O) groups is 1. The third-order valence-corrected chi connectivity index (χ3v) is 6.72. The molecule has 1 aromatic rings. The first kappa shape index (κ1) is 20.2. The van der Waals surface area contributed by atoms with Crippen LogP contribution in [0.3, 0.4) is 0 Å². The third kappa shape index (κ3) is 4.18. The van der Waals surface area contributed by atoms with Gasteiger partial charge in [0.15, 0.2) is 0 Å². The van der Waals surface area contributed by atoms with E-state index in [-0.39, 0.29) is 23.0 Å². The first-order chi connectivity index (χ1) is 10.6. The van der Waals surface area contributed by atoms with E-state index >= 15 is 0 Å². The molecular weight excluding hydrogens is 361 g/mol. The first-order valence-electron chi connectivity index (χ1n) is 7.11. The molecule has 23 heavy (non-hydrogen) atoms. The van der Waals surface area contributed by atoms with Gasteiger partial charge in [0, 0.05) is 18.1 Å². The molecule has 0 aliphatic heterocycles. The molecule has 0 N–H and O–H groups in total. The third-order valence-electron chi connectivity index (χ3n) is 3.62. The van der Waals surface area contributed by atoms with Gasteiger partial charge >= 0.3 is 5.97 Å². The van der Waals surface area contributed by atoms with Crippen molar-refractivity contribution < 1.29 is 17.9 Å². The summed E-state index contributed by atoms with van der Waals surface area (Å²) in [6.07, 6.45) is 0. The van der Waals surface area contributed by atoms with Crippen LogP contribution in [-0.4, -0.2) is 38.9 Å². The Morgan fingerprint density at radius 1 is 1.35 bits per heavy atom. The summed E-state index contributed by atoms with van der Waals surface area (Å²) in [6.45, 7) is 6.82. The molecule has 5 nitrogen and oxygen atoms in total. The van der Waals surface area contributed by atoms with E-state index in [1.54, 1.807) is 33.8 Å². The normalized spacial score (nSPS) is 13.2. The highest BCUT2D eigenvalue weighted by Crippen LogP contribution is 2.35. The maximum absolute atomic E-state index is 13.0. The number of nitrogens with zero attached hydrogens (tertiary/aromatic N) is 1. The van der Waals surface area contributed by atoms with E-state index in [1.807, 2.05) is 0 Å². The second-order valence-corrected chi connectivity index (χ2v) is 7.98. The number of aryl methyl sites for hydroxylation is 1. The summed E-state index contributed by atoms with van der Waals surface area (Å²) in [5, 5.41) is 0.485. The highest BCUT2D eigenvalue weighted by atomic mass is 35.5. The molecule has 0 amide bonds. The van der Waals surface area contributed by atoms with Gasteiger partial charge in [-0.05, 0) is 31.0 Å². The zero-order chi connectivity index (χ0) is 17.9. The number of ether oxygens (including phenoxy) is 1. The summed E-state index contributed by atoms with van der Waals surface area (Å²) >= 11 is 12.3. The van der Waals surface area contributed by atoms with Crippen LogP contribution in [0.15, 0.2) is 11.0 Å². The summed E-state index contributed by atoms with van der Waals surface area (Å²) in [4.78, 5) is 11.6. The van der Waals surface area contributed by atoms with Gasteiger partial charge in [-0.3, -0.25) is 4.79 Å². The molecule has 1 rings (SSSR count). The average molecular weight is 382 g/mol. The fourth-order valence-corrected chi connectivity index (χ4v) is 4.93. The molecule has 1 atom stereocenters. The van der Waals surface area contributed by atoms with Gasteiger partial charge in [0.05, 0.1) is 18.1 Å². The zero-order valence-corrected chi connectivity index (χ0v) is 16.1. The number of rotatable bonds is 6. The van der Waals surface area contributed by atoms with Gasteiger partial charge in [0.2, 0.25) is 10.0 Å². The Balaban J connectivity index is 3.37. The summed E-state index contributed by atoms with van der Waals surface area (Å²) in [6, 6.07) is 1.63. The Kier molecular flexibility index (Phi) is 6.89. The summed E-state index contributed by atoms with van der Waals surface area (Å²) in [7, 11) is -2.62. The number of hydrogen-bond acceptors (Lipinski definition) is 4. The monoisotopic (exact) mass is 381 g/mol. The van der Waals surface area contributed by atoms with E-state index in [4.69, 9.17) is 23.2 Å². The molecule has 0 saturated carbocycles. The minimum atomic E-state index is -3.89. The maximum Gasteiger partial charge on any atom is 0.309 e. The summed E-state index contributed by atoms with van der Waals surface area (Å²) in [5.74, 6) is -1.06. The van der Waals surface area contributed by atoms with Gasteiger partial charge in [-0.25, -0.2) is 8.42 Å². The zero-order valence-electron chi connectivity index (χ0n) is 13.8. The van der Waals surface area contributed by atoms with E-state index in [0.29, 0.717) is 16.1 Å². The highest BCUT2D eigenvalue weighted by Gasteiger charge is 2.31. The van der Waals surface area contributed by atoms with E-state index in [0.717, 1.165) is 0 Å². The minimum absolute atomic E-state index is 0.00678. The Bertz CT molecular complexity index is 678. The standard InChI is InChI=1S/C15H21Cl2NO4S/c1-6-18(8-10(3)15(19)22-5)23(20,21)14-11(4)12(16)7-9(2)13(14)17/h7,10H,6,8H2,1-5H3. The van der Waals surface area contributed by atoms with Gasteiger partial charge in [0.25, 0.3) is 0 Å².